The average Bonchev–Trinajstić information content (AvgIpc) is 2.60. The van der Waals surface area contributed by atoms with E-state index >= 15 is 0 Å². The average molecular weight is 335 g/mol. The van der Waals surface area contributed by atoms with Crippen LogP contribution in [0.5, 0.6) is 11.5 Å². The summed E-state index contributed by atoms with van der Waals surface area (Å²) in [5, 5.41) is 18.1. The van der Waals surface area contributed by atoms with Gasteiger partial charge in [0.25, 0.3) is 0 Å². The Kier molecular flexibility index (Phi) is 10.6. The van der Waals surface area contributed by atoms with Crippen LogP contribution in [-0.2, 0) is 6.42 Å². The Morgan fingerprint density at radius 3 is 2.38 bits per heavy atom. The van der Waals surface area contributed by atoms with Crippen molar-refractivity contribution in [2.45, 2.75) is 64.7 Å². The summed E-state index contributed by atoms with van der Waals surface area (Å²) < 4.78 is 11.2. The number of unbranched alkanes of at least 4 members (excludes halogenated alkanes) is 6. The molecule has 0 saturated carbocycles. The molecule has 0 aliphatic heterocycles. The summed E-state index contributed by atoms with van der Waals surface area (Å²) in [5.74, 6) is 1.12. The number of aliphatic hydroxyl groups excluding tert-OH is 1. The van der Waals surface area contributed by atoms with Crippen LogP contribution in [0.2, 0.25) is 0 Å². The minimum atomic E-state index is 0.260. The quantitative estimate of drug-likeness (QED) is 0.396. The fourth-order valence-corrected chi connectivity index (χ4v) is 2.65. The highest BCUT2D eigenvalue weighted by Crippen LogP contribution is 2.39. The molecule has 1 rings (SSSR count). The number of nitrogens with zero attached hydrogens (tertiary/aromatic N) is 2. The van der Waals surface area contributed by atoms with Gasteiger partial charge >= 0.3 is 5.69 Å². The van der Waals surface area contributed by atoms with Gasteiger partial charge in [-0.3, -0.25) is 0 Å². The number of rotatable bonds is 13. The summed E-state index contributed by atoms with van der Waals surface area (Å²) in [4.78, 5) is 3.34. The third-order valence-electron chi connectivity index (χ3n) is 4.05. The number of methoxy groups -OCH3 is 1. The van der Waals surface area contributed by atoms with Crippen LogP contribution in [0, 0.1) is 5.39 Å². The van der Waals surface area contributed by atoms with Gasteiger partial charge in [-0.1, -0.05) is 39.0 Å². The van der Waals surface area contributed by atoms with Gasteiger partial charge in [-0.05, 0) is 43.4 Å². The van der Waals surface area contributed by atoms with Gasteiger partial charge in [0.05, 0.1) is 13.7 Å². The standard InChI is InChI=1S/C19H31N2O3/c1-3-4-5-10-13-24-18-15-16(11-8-6-7-9-12-22)14-17(23-2)19(18)21-20/h14-15,22H,3-13H2,1-2H3/q+1. The lowest BCUT2D eigenvalue weighted by Gasteiger charge is -2.09. The van der Waals surface area contributed by atoms with Gasteiger partial charge in [0.15, 0.2) is 4.98 Å². The molecule has 5 nitrogen and oxygen atoms in total. The molecular weight excluding hydrogens is 304 g/mol. The topological polar surface area (TPSA) is 66.8 Å². The molecule has 24 heavy (non-hydrogen) atoms. The van der Waals surface area contributed by atoms with Crippen LogP contribution in [0.3, 0.4) is 0 Å². The number of hydrogen-bond donors (Lipinski definition) is 1. The minimum Gasteiger partial charge on any atom is -0.489 e. The molecule has 1 N–H and O–H groups in total. The van der Waals surface area contributed by atoms with Crippen LogP contribution in [0.4, 0.5) is 5.69 Å². The summed E-state index contributed by atoms with van der Waals surface area (Å²) in [6.45, 7) is 3.06. The van der Waals surface area contributed by atoms with Gasteiger partial charge in [-0.15, -0.1) is 0 Å². The summed E-state index contributed by atoms with van der Waals surface area (Å²) in [6, 6.07) is 3.86. The van der Waals surface area contributed by atoms with Crippen LogP contribution in [0.1, 0.15) is 63.9 Å². The number of aryl methyl sites for hydroxylation is 1. The molecule has 0 unspecified atom stereocenters. The van der Waals surface area contributed by atoms with Crippen molar-refractivity contribution in [2.24, 2.45) is 0 Å². The third kappa shape index (κ3) is 7.18. The van der Waals surface area contributed by atoms with E-state index in [0.717, 1.165) is 50.5 Å². The van der Waals surface area contributed by atoms with E-state index in [-0.39, 0.29) is 6.61 Å². The normalized spacial score (nSPS) is 10.4. The van der Waals surface area contributed by atoms with Crippen molar-refractivity contribution in [3.05, 3.63) is 22.7 Å². The molecule has 0 amide bonds. The first-order valence-electron chi connectivity index (χ1n) is 9.06. The Morgan fingerprint density at radius 1 is 1.00 bits per heavy atom. The molecule has 1 aromatic carbocycles. The Bertz CT molecular complexity index is 512. The number of diazo groups is 1. The lowest BCUT2D eigenvalue weighted by Crippen LogP contribution is -1.99. The Morgan fingerprint density at radius 2 is 1.71 bits per heavy atom. The molecule has 0 aromatic heterocycles. The highest BCUT2D eigenvalue weighted by atomic mass is 16.5. The summed E-state index contributed by atoms with van der Waals surface area (Å²) in [7, 11) is 1.57. The van der Waals surface area contributed by atoms with Crippen molar-refractivity contribution in [3.63, 3.8) is 0 Å². The molecule has 0 bridgehead atoms. The molecule has 1 aromatic rings. The lowest BCUT2D eigenvalue weighted by atomic mass is 10.0. The molecule has 0 heterocycles. The zero-order valence-electron chi connectivity index (χ0n) is 15.1. The summed E-state index contributed by atoms with van der Waals surface area (Å²) in [5.41, 5.74) is 1.48. The molecule has 0 fully saturated rings. The van der Waals surface area contributed by atoms with Crippen LogP contribution in [0.25, 0.3) is 4.98 Å². The van der Waals surface area contributed by atoms with E-state index < -0.39 is 0 Å². The second kappa shape index (κ2) is 12.6. The van der Waals surface area contributed by atoms with Gasteiger partial charge in [0, 0.05) is 6.61 Å². The maximum Gasteiger partial charge on any atom is 0.467 e. The number of benzene rings is 1. The molecule has 0 aliphatic carbocycles. The van der Waals surface area contributed by atoms with E-state index in [9.17, 15) is 5.39 Å². The predicted molar refractivity (Wildman–Crippen MR) is 96.6 cm³/mol. The zero-order valence-corrected chi connectivity index (χ0v) is 15.1. The highest BCUT2D eigenvalue weighted by Gasteiger charge is 2.24. The molecule has 0 saturated heterocycles. The van der Waals surface area contributed by atoms with Gasteiger partial charge < -0.3 is 14.6 Å². The zero-order chi connectivity index (χ0) is 17.6. The lowest BCUT2D eigenvalue weighted by molar-refractivity contribution is 0.282. The number of ether oxygens (including phenoxy) is 2. The predicted octanol–water partition coefficient (Wildman–Crippen LogP) is 5.23. The maximum atomic E-state index is 9.28. The first-order chi connectivity index (χ1) is 11.8. The fraction of sp³-hybridized carbons (Fsp3) is 0.684. The van der Waals surface area contributed by atoms with Crippen molar-refractivity contribution in [2.75, 3.05) is 20.3 Å². The first kappa shape index (κ1) is 20.2. The fourth-order valence-electron chi connectivity index (χ4n) is 2.65. The van der Waals surface area contributed by atoms with Crippen molar-refractivity contribution < 1.29 is 14.6 Å². The van der Waals surface area contributed by atoms with Crippen LogP contribution in [-0.4, -0.2) is 25.4 Å². The Hall–Kier alpha value is -1.80. The smallest absolute Gasteiger partial charge is 0.467 e. The van der Waals surface area contributed by atoms with Crippen LogP contribution < -0.4 is 9.47 Å². The van der Waals surface area contributed by atoms with E-state index in [1.165, 1.54) is 12.8 Å². The Balaban J connectivity index is 2.68. The van der Waals surface area contributed by atoms with Crippen LogP contribution >= 0.6 is 0 Å². The van der Waals surface area contributed by atoms with Crippen molar-refractivity contribution in [3.8, 4) is 11.5 Å². The molecule has 0 spiro atoms. The maximum absolute atomic E-state index is 9.28. The van der Waals surface area contributed by atoms with E-state index in [1.54, 1.807) is 7.11 Å². The molecule has 5 heteroatoms. The highest BCUT2D eigenvalue weighted by molar-refractivity contribution is 5.68. The van der Waals surface area contributed by atoms with Crippen LogP contribution in [0.15, 0.2) is 12.1 Å². The Labute approximate surface area is 145 Å². The number of aliphatic hydroxyl groups is 1. The van der Waals surface area contributed by atoms with Crippen molar-refractivity contribution in [1.82, 2.24) is 0 Å². The second-order valence-corrected chi connectivity index (χ2v) is 6.04. The summed E-state index contributed by atoms with van der Waals surface area (Å²) in [6.07, 6.45) is 9.48. The van der Waals surface area contributed by atoms with E-state index in [0.29, 0.717) is 23.8 Å². The van der Waals surface area contributed by atoms with E-state index in [2.05, 4.69) is 11.9 Å². The molecule has 0 atom stereocenters. The monoisotopic (exact) mass is 335 g/mol. The molecule has 0 aliphatic rings. The van der Waals surface area contributed by atoms with E-state index in [1.807, 2.05) is 12.1 Å². The van der Waals surface area contributed by atoms with Gasteiger partial charge in [-0.25, -0.2) is 0 Å². The first-order valence-corrected chi connectivity index (χ1v) is 9.06. The SMILES string of the molecule is CCCCCCOc1cc(CCCCCCO)cc(OC)c1[N+]#N. The van der Waals surface area contributed by atoms with E-state index in [4.69, 9.17) is 14.6 Å². The van der Waals surface area contributed by atoms with Crippen molar-refractivity contribution >= 4 is 5.69 Å². The summed E-state index contributed by atoms with van der Waals surface area (Å²) >= 11 is 0. The van der Waals surface area contributed by atoms with Crippen molar-refractivity contribution in [1.29, 1.82) is 5.39 Å². The second-order valence-electron chi connectivity index (χ2n) is 6.04. The molecule has 0 radical (unpaired) electrons. The van der Waals surface area contributed by atoms with Gasteiger partial charge in [0.1, 0.15) is 0 Å². The minimum absolute atomic E-state index is 0.260. The number of hydrogen-bond acceptors (Lipinski definition) is 4. The van der Waals surface area contributed by atoms with Gasteiger partial charge in [0.2, 0.25) is 16.9 Å². The largest absolute Gasteiger partial charge is 0.489 e. The van der Waals surface area contributed by atoms with Gasteiger partial charge in [-0.2, -0.15) is 0 Å². The third-order valence-corrected chi connectivity index (χ3v) is 4.05. The molecular formula is C19H31N2O3+. The molecule has 134 valence electrons.